The first-order valence-corrected chi connectivity index (χ1v) is 6.84. The van der Waals surface area contributed by atoms with Crippen molar-refractivity contribution in [2.75, 3.05) is 13.1 Å². The van der Waals surface area contributed by atoms with Gasteiger partial charge in [0.15, 0.2) is 0 Å². The van der Waals surface area contributed by atoms with Crippen molar-refractivity contribution in [1.29, 1.82) is 0 Å². The molecule has 1 heterocycles. The van der Waals surface area contributed by atoms with Crippen LogP contribution in [0.5, 0.6) is 0 Å². The summed E-state index contributed by atoms with van der Waals surface area (Å²) >= 11 is 0. The molecular formula is C13H24N2O4. The van der Waals surface area contributed by atoms with Gasteiger partial charge in [-0.25, -0.2) is 4.79 Å². The molecule has 19 heavy (non-hydrogen) atoms. The van der Waals surface area contributed by atoms with Crippen LogP contribution < -0.4 is 5.32 Å². The third-order valence-corrected chi connectivity index (χ3v) is 3.51. The van der Waals surface area contributed by atoms with E-state index in [1.54, 1.807) is 4.90 Å². The quantitative estimate of drug-likeness (QED) is 0.701. The summed E-state index contributed by atoms with van der Waals surface area (Å²) in [5, 5.41) is 21.1. The summed E-state index contributed by atoms with van der Waals surface area (Å²) < 4.78 is 0. The zero-order valence-corrected chi connectivity index (χ0v) is 11.7. The number of carboxylic acid groups (broad SMARTS) is 1. The number of piperidine rings is 1. The molecule has 6 heteroatoms. The number of aliphatic hydroxyl groups is 1. The number of urea groups is 1. The molecule has 1 aliphatic rings. The number of hydrogen-bond acceptors (Lipinski definition) is 3. The largest absolute Gasteiger partial charge is 0.481 e. The average molecular weight is 272 g/mol. The van der Waals surface area contributed by atoms with E-state index >= 15 is 0 Å². The number of nitrogens with zero attached hydrogens (tertiary/aromatic N) is 1. The fraction of sp³-hybridized carbons (Fsp3) is 0.846. The van der Waals surface area contributed by atoms with Crippen LogP contribution in [0.3, 0.4) is 0 Å². The van der Waals surface area contributed by atoms with E-state index in [1.807, 2.05) is 0 Å². The van der Waals surface area contributed by atoms with Gasteiger partial charge in [-0.1, -0.05) is 6.92 Å². The van der Waals surface area contributed by atoms with Gasteiger partial charge < -0.3 is 20.4 Å². The number of aliphatic carboxylic acids is 1. The van der Waals surface area contributed by atoms with E-state index in [0.717, 1.165) is 32.2 Å². The standard InChI is InChI=1S/C13H24N2O4/c1-3-10-6-4-5-7-15(10)12(18)14-9-13(2,19)8-11(16)17/h10,19H,3-9H2,1-2H3,(H,14,18)(H,16,17). The molecule has 2 unspecified atom stereocenters. The Labute approximate surface area is 113 Å². The maximum atomic E-state index is 12.1. The Hall–Kier alpha value is -1.30. The molecule has 0 aromatic carbocycles. The van der Waals surface area contributed by atoms with Gasteiger partial charge in [0.25, 0.3) is 0 Å². The summed E-state index contributed by atoms with van der Waals surface area (Å²) in [7, 11) is 0. The van der Waals surface area contributed by atoms with E-state index in [4.69, 9.17) is 5.11 Å². The molecule has 1 fully saturated rings. The normalized spacial score (nSPS) is 22.7. The van der Waals surface area contributed by atoms with Crippen LogP contribution in [0.15, 0.2) is 0 Å². The Morgan fingerprint density at radius 1 is 1.42 bits per heavy atom. The molecule has 110 valence electrons. The summed E-state index contributed by atoms with van der Waals surface area (Å²) in [5.74, 6) is -1.08. The summed E-state index contributed by atoms with van der Waals surface area (Å²) in [5.41, 5.74) is -1.42. The lowest BCUT2D eigenvalue weighted by molar-refractivity contribution is -0.141. The molecule has 2 atom stereocenters. The first-order valence-electron chi connectivity index (χ1n) is 6.84. The fourth-order valence-electron chi connectivity index (χ4n) is 2.45. The summed E-state index contributed by atoms with van der Waals surface area (Å²) in [4.78, 5) is 24.4. The lowest BCUT2D eigenvalue weighted by atomic mass is 10.0. The van der Waals surface area contributed by atoms with Crippen molar-refractivity contribution in [3.63, 3.8) is 0 Å². The van der Waals surface area contributed by atoms with Crippen LogP contribution in [0, 0.1) is 0 Å². The topological polar surface area (TPSA) is 89.9 Å². The second-order valence-corrected chi connectivity index (χ2v) is 5.48. The number of carbonyl (C=O) groups is 2. The smallest absolute Gasteiger partial charge is 0.317 e. The van der Waals surface area contributed by atoms with E-state index in [9.17, 15) is 14.7 Å². The van der Waals surface area contributed by atoms with Gasteiger partial charge in [0, 0.05) is 19.1 Å². The number of amides is 2. The third-order valence-electron chi connectivity index (χ3n) is 3.51. The van der Waals surface area contributed by atoms with Gasteiger partial charge in [0.05, 0.1) is 12.0 Å². The second-order valence-electron chi connectivity index (χ2n) is 5.48. The Morgan fingerprint density at radius 2 is 2.11 bits per heavy atom. The highest BCUT2D eigenvalue weighted by Gasteiger charge is 2.29. The summed E-state index contributed by atoms with van der Waals surface area (Å²) in [6.07, 6.45) is 3.67. The minimum atomic E-state index is -1.42. The number of nitrogens with one attached hydrogen (secondary N) is 1. The van der Waals surface area contributed by atoms with Gasteiger partial charge in [-0.05, 0) is 32.6 Å². The molecule has 1 aliphatic heterocycles. The molecule has 6 nitrogen and oxygen atoms in total. The van der Waals surface area contributed by atoms with Crippen molar-refractivity contribution >= 4 is 12.0 Å². The average Bonchev–Trinajstić information content (AvgIpc) is 2.34. The number of carbonyl (C=O) groups excluding carboxylic acids is 1. The van der Waals surface area contributed by atoms with E-state index in [1.165, 1.54) is 6.92 Å². The monoisotopic (exact) mass is 272 g/mol. The van der Waals surface area contributed by atoms with Crippen LogP contribution in [0.4, 0.5) is 4.79 Å². The zero-order valence-electron chi connectivity index (χ0n) is 11.7. The van der Waals surface area contributed by atoms with E-state index in [-0.39, 0.29) is 25.0 Å². The van der Waals surface area contributed by atoms with Crippen molar-refractivity contribution in [3.05, 3.63) is 0 Å². The molecule has 1 saturated heterocycles. The van der Waals surface area contributed by atoms with E-state index in [2.05, 4.69) is 12.2 Å². The third kappa shape index (κ3) is 5.06. The SMILES string of the molecule is CCC1CCCCN1C(=O)NCC(C)(O)CC(=O)O. The molecule has 1 rings (SSSR count). The fourth-order valence-corrected chi connectivity index (χ4v) is 2.45. The van der Waals surface area contributed by atoms with Crippen LogP contribution in [-0.2, 0) is 4.79 Å². The molecule has 0 aliphatic carbocycles. The van der Waals surface area contributed by atoms with Crippen molar-refractivity contribution < 1.29 is 19.8 Å². The van der Waals surface area contributed by atoms with Gasteiger partial charge >= 0.3 is 12.0 Å². The maximum Gasteiger partial charge on any atom is 0.317 e. The van der Waals surface area contributed by atoms with Gasteiger partial charge in [-0.2, -0.15) is 0 Å². The molecule has 0 spiro atoms. The number of likely N-dealkylation sites (tertiary alicyclic amines) is 1. The van der Waals surface area contributed by atoms with Crippen molar-refractivity contribution in [1.82, 2.24) is 10.2 Å². The molecule has 2 amide bonds. The molecule has 0 radical (unpaired) electrons. The Kier molecular flexibility index (Phi) is 5.60. The minimum Gasteiger partial charge on any atom is -0.481 e. The van der Waals surface area contributed by atoms with Crippen molar-refractivity contribution in [3.8, 4) is 0 Å². The van der Waals surface area contributed by atoms with Crippen LogP contribution >= 0.6 is 0 Å². The maximum absolute atomic E-state index is 12.1. The molecule has 0 aromatic heterocycles. The molecule has 0 aromatic rings. The molecule has 0 saturated carbocycles. The lowest BCUT2D eigenvalue weighted by Crippen LogP contribution is -2.52. The summed E-state index contributed by atoms with van der Waals surface area (Å²) in [6.45, 7) is 4.14. The van der Waals surface area contributed by atoms with Crippen LogP contribution in [0.25, 0.3) is 0 Å². The van der Waals surface area contributed by atoms with Crippen molar-refractivity contribution in [2.45, 2.75) is 57.6 Å². The highest BCUT2D eigenvalue weighted by Crippen LogP contribution is 2.19. The Bertz CT molecular complexity index is 331. The number of rotatable bonds is 5. The lowest BCUT2D eigenvalue weighted by Gasteiger charge is -2.36. The van der Waals surface area contributed by atoms with Gasteiger partial charge in [-0.3, -0.25) is 4.79 Å². The first-order chi connectivity index (χ1) is 8.85. The van der Waals surface area contributed by atoms with Crippen LogP contribution in [0.2, 0.25) is 0 Å². The second kappa shape index (κ2) is 6.75. The predicted octanol–water partition coefficient (Wildman–Crippen LogP) is 1.19. The minimum absolute atomic E-state index is 0.0505. The highest BCUT2D eigenvalue weighted by atomic mass is 16.4. The van der Waals surface area contributed by atoms with E-state index in [0.29, 0.717) is 0 Å². The molecule has 0 bridgehead atoms. The van der Waals surface area contributed by atoms with Crippen LogP contribution in [0.1, 0.15) is 46.0 Å². The number of carboxylic acids is 1. The predicted molar refractivity (Wildman–Crippen MR) is 70.9 cm³/mol. The van der Waals surface area contributed by atoms with Gasteiger partial charge in [0.2, 0.25) is 0 Å². The molecule has 3 N–H and O–H groups in total. The van der Waals surface area contributed by atoms with Gasteiger partial charge in [0.1, 0.15) is 0 Å². The molecular weight excluding hydrogens is 248 g/mol. The Balaban J connectivity index is 2.47. The van der Waals surface area contributed by atoms with Gasteiger partial charge in [-0.15, -0.1) is 0 Å². The first kappa shape index (κ1) is 15.8. The number of hydrogen-bond donors (Lipinski definition) is 3. The zero-order chi connectivity index (χ0) is 14.5. The van der Waals surface area contributed by atoms with E-state index < -0.39 is 11.6 Å². The summed E-state index contributed by atoms with van der Waals surface area (Å²) in [6, 6.07) is 0.0374. The van der Waals surface area contributed by atoms with Crippen molar-refractivity contribution in [2.24, 2.45) is 0 Å². The highest BCUT2D eigenvalue weighted by molar-refractivity contribution is 5.75. The Morgan fingerprint density at radius 3 is 2.68 bits per heavy atom. The van der Waals surface area contributed by atoms with Crippen LogP contribution in [-0.4, -0.2) is 51.8 Å².